The Morgan fingerprint density at radius 3 is 3.00 bits per heavy atom. The number of amides is 2. The zero-order chi connectivity index (χ0) is 16.9. The number of benzene rings is 1. The molecule has 1 unspecified atom stereocenters. The summed E-state index contributed by atoms with van der Waals surface area (Å²) in [6.07, 6.45) is 1.12. The van der Waals surface area contributed by atoms with E-state index in [0.29, 0.717) is 31.9 Å². The number of aliphatic hydroxyl groups excluding tert-OH is 1. The number of carbonyl (C=O) groups excluding carboxylic acids is 2. The zero-order valence-corrected chi connectivity index (χ0v) is 13.5. The van der Waals surface area contributed by atoms with E-state index < -0.39 is 0 Å². The molecule has 2 fully saturated rings. The van der Waals surface area contributed by atoms with Gasteiger partial charge in [-0.2, -0.15) is 0 Å². The SMILES string of the molecule is O=C(COc1cccc(N2CCCC2=O)c1)N1CCOC(CO)C1. The Bertz CT molecular complexity index is 606. The van der Waals surface area contributed by atoms with Crippen LogP contribution in [0.3, 0.4) is 0 Å². The summed E-state index contributed by atoms with van der Waals surface area (Å²) in [4.78, 5) is 27.4. The molecule has 2 saturated heterocycles. The molecule has 2 aliphatic rings. The minimum Gasteiger partial charge on any atom is -0.484 e. The van der Waals surface area contributed by atoms with Crippen LogP contribution in [0.25, 0.3) is 0 Å². The van der Waals surface area contributed by atoms with Gasteiger partial charge in [0, 0.05) is 37.8 Å². The normalized spacial score (nSPS) is 21.2. The maximum Gasteiger partial charge on any atom is 0.260 e. The third-order valence-corrected chi connectivity index (χ3v) is 4.26. The quantitative estimate of drug-likeness (QED) is 0.844. The van der Waals surface area contributed by atoms with Crippen molar-refractivity contribution < 1.29 is 24.2 Å². The summed E-state index contributed by atoms with van der Waals surface area (Å²) in [5.41, 5.74) is 0.800. The fraction of sp³-hybridized carbons (Fsp3) is 0.529. The molecule has 2 heterocycles. The van der Waals surface area contributed by atoms with Crippen molar-refractivity contribution in [3.8, 4) is 5.75 Å². The number of nitrogens with zero attached hydrogens (tertiary/aromatic N) is 2. The molecule has 0 aliphatic carbocycles. The summed E-state index contributed by atoms with van der Waals surface area (Å²) >= 11 is 0. The second-order valence-electron chi connectivity index (χ2n) is 5.95. The van der Waals surface area contributed by atoms with Crippen molar-refractivity contribution in [2.45, 2.75) is 18.9 Å². The van der Waals surface area contributed by atoms with Crippen LogP contribution in [-0.2, 0) is 14.3 Å². The number of hydrogen-bond donors (Lipinski definition) is 1. The van der Waals surface area contributed by atoms with Gasteiger partial charge in [0.15, 0.2) is 6.61 Å². The Morgan fingerprint density at radius 1 is 1.38 bits per heavy atom. The first-order valence-electron chi connectivity index (χ1n) is 8.21. The van der Waals surface area contributed by atoms with Gasteiger partial charge in [-0.05, 0) is 18.6 Å². The first kappa shape index (κ1) is 16.7. The van der Waals surface area contributed by atoms with Gasteiger partial charge in [-0.25, -0.2) is 0 Å². The van der Waals surface area contributed by atoms with E-state index in [1.54, 1.807) is 21.9 Å². The second kappa shape index (κ2) is 7.63. The number of ether oxygens (including phenoxy) is 2. The van der Waals surface area contributed by atoms with E-state index >= 15 is 0 Å². The number of aliphatic hydroxyl groups is 1. The Hall–Kier alpha value is -2.12. The van der Waals surface area contributed by atoms with Crippen molar-refractivity contribution in [3.05, 3.63) is 24.3 Å². The highest BCUT2D eigenvalue weighted by Crippen LogP contribution is 2.25. The maximum absolute atomic E-state index is 12.2. The summed E-state index contributed by atoms with van der Waals surface area (Å²) in [5, 5.41) is 9.13. The van der Waals surface area contributed by atoms with Gasteiger partial charge in [0.25, 0.3) is 5.91 Å². The lowest BCUT2D eigenvalue weighted by molar-refractivity contribution is -0.142. The second-order valence-corrected chi connectivity index (χ2v) is 5.95. The molecule has 0 aromatic heterocycles. The molecule has 1 aromatic carbocycles. The molecule has 2 aliphatic heterocycles. The lowest BCUT2D eigenvalue weighted by Crippen LogP contribution is -2.48. The molecule has 3 rings (SSSR count). The van der Waals surface area contributed by atoms with Crippen LogP contribution < -0.4 is 9.64 Å². The first-order valence-corrected chi connectivity index (χ1v) is 8.21. The average Bonchev–Trinajstić information content (AvgIpc) is 3.06. The molecule has 0 bridgehead atoms. The lowest BCUT2D eigenvalue weighted by atomic mass is 10.2. The van der Waals surface area contributed by atoms with E-state index in [1.807, 2.05) is 12.1 Å². The van der Waals surface area contributed by atoms with E-state index in [-0.39, 0.29) is 31.1 Å². The molecule has 1 N–H and O–H groups in total. The van der Waals surface area contributed by atoms with Crippen LogP contribution in [0.5, 0.6) is 5.75 Å². The summed E-state index contributed by atoms with van der Waals surface area (Å²) in [5.74, 6) is 0.540. The molecule has 1 aromatic rings. The van der Waals surface area contributed by atoms with Crippen LogP contribution in [0, 0.1) is 0 Å². The van der Waals surface area contributed by atoms with E-state index in [4.69, 9.17) is 14.6 Å². The van der Waals surface area contributed by atoms with Gasteiger partial charge in [-0.1, -0.05) is 6.07 Å². The van der Waals surface area contributed by atoms with Crippen molar-refractivity contribution >= 4 is 17.5 Å². The predicted octanol–water partition coefficient (Wildman–Crippen LogP) is 0.412. The van der Waals surface area contributed by atoms with Crippen molar-refractivity contribution in [2.75, 3.05) is 44.4 Å². The number of rotatable bonds is 5. The van der Waals surface area contributed by atoms with E-state index in [0.717, 1.165) is 18.7 Å². The monoisotopic (exact) mass is 334 g/mol. The summed E-state index contributed by atoms with van der Waals surface area (Å²) in [7, 11) is 0. The Balaban J connectivity index is 1.56. The van der Waals surface area contributed by atoms with Gasteiger partial charge in [0.1, 0.15) is 5.75 Å². The summed E-state index contributed by atoms with van der Waals surface area (Å²) in [6, 6.07) is 7.24. The van der Waals surface area contributed by atoms with Crippen LogP contribution in [0.1, 0.15) is 12.8 Å². The number of hydrogen-bond acceptors (Lipinski definition) is 5. The Kier molecular flexibility index (Phi) is 5.32. The van der Waals surface area contributed by atoms with Crippen molar-refractivity contribution in [3.63, 3.8) is 0 Å². The van der Waals surface area contributed by atoms with Gasteiger partial charge in [0.05, 0.1) is 19.3 Å². The van der Waals surface area contributed by atoms with E-state index in [1.165, 1.54) is 0 Å². The van der Waals surface area contributed by atoms with Crippen LogP contribution in [0.15, 0.2) is 24.3 Å². The first-order chi connectivity index (χ1) is 11.7. The standard InChI is InChI=1S/C17H22N2O5/c20-11-15-10-18(7-8-23-15)17(22)12-24-14-4-1-3-13(9-14)19-6-2-5-16(19)21/h1,3-4,9,15,20H,2,5-8,10-12H2. The fourth-order valence-electron chi connectivity index (χ4n) is 2.96. The fourth-order valence-corrected chi connectivity index (χ4v) is 2.96. The van der Waals surface area contributed by atoms with Gasteiger partial charge in [0.2, 0.25) is 5.91 Å². The molecule has 1 atom stereocenters. The predicted molar refractivity (Wildman–Crippen MR) is 86.9 cm³/mol. The van der Waals surface area contributed by atoms with Crippen LogP contribution in [-0.4, -0.2) is 67.4 Å². The third-order valence-electron chi connectivity index (χ3n) is 4.26. The van der Waals surface area contributed by atoms with Crippen LogP contribution in [0.2, 0.25) is 0 Å². The molecule has 0 radical (unpaired) electrons. The van der Waals surface area contributed by atoms with Gasteiger partial charge < -0.3 is 24.4 Å². The zero-order valence-electron chi connectivity index (χ0n) is 13.5. The number of morpholine rings is 1. The molecule has 7 nitrogen and oxygen atoms in total. The van der Waals surface area contributed by atoms with Gasteiger partial charge >= 0.3 is 0 Å². The molecule has 0 saturated carbocycles. The number of anilines is 1. The molecule has 130 valence electrons. The average molecular weight is 334 g/mol. The maximum atomic E-state index is 12.2. The lowest BCUT2D eigenvalue weighted by Gasteiger charge is -2.32. The molecule has 24 heavy (non-hydrogen) atoms. The summed E-state index contributed by atoms with van der Waals surface area (Å²) < 4.78 is 10.9. The smallest absolute Gasteiger partial charge is 0.260 e. The topological polar surface area (TPSA) is 79.3 Å². The Labute approximate surface area is 140 Å². The molecule has 0 spiro atoms. The highest BCUT2D eigenvalue weighted by molar-refractivity contribution is 5.95. The Morgan fingerprint density at radius 2 is 2.25 bits per heavy atom. The molecule has 2 amide bonds. The highest BCUT2D eigenvalue weighted by Gasteiger charge is 2.24. The number of carbonyl (C=O) groups is 2. The molecular formula is C17H22N2O5. The summed E-state index contributed by atoms with van der Waals surface area (Å²) in [6.45, 7) is 1.84. The third kappa shape index (κ3) is 3.85. The minimum absolute atomic E-state index is 0.0739. The van der Waals surface area contributed by atoms with Crippen LogP contribution in [0.4, 0.5) is 5.69 Å². The minimum atomic E-state index is -0.327. The van der Waals surface area contributed by atoms with Crippen LogP contribution >= 0.6 is 0 Å². The van der Waals surface area contributed by atoms with Gasteiger partial charge in [-0.3, -0.25) is 9.59 Å². The van der Waals surface area contributed by atoms with Crippen molar-refractivity contribution in [1.82, 2.24) is 4.90 Å². The van der Waals surface area contributed by atoms with Crippen molar-refractivity contribution in [2.24, 2.45) is 0 Å². The molecular weight excluding hydrogens is 312 g/mol. The largest absolute Gasteiger partial charge is 0.484 e. The highest BCUT2D eigenvalue weighted by atomic mass is 16.5. The van der Waals surface area contributed by atoms with Gasteiger partial charge in [-0.15, -0.1) is 0 Å². The van der Waals surface area contributed by atoms with Crippen molar-refractivity contribution in [1.29, 1.82) is 0 Å². The van der Waals surface area contributed by atoms with E-state index in [2.05, 4.69) is 0 Å². The molecule has 7 heteroatoms. The van der Waals surface area contributed by atoms with E-state index in [9.17, 15) is 9.59 Å².